The summed E-state index contributed by atoms with van der Waals surface area (Å²) in [7, 11) is 0. The Morgan fingerprint density at radius 1 is 1.06 bits per heavy atom. The molecule has 0 spiro atoms. The number of hydrogen-bond donors (Lipinski definition) is 0. The number of imide groups is 1. The molecule has 3 aliphatic rings. The van der Waals surface area contributed by atoms with Crippen molar-refractivity contribution < 1.29 is 18.8 Å². The molecule has 0 N–H and O–H groups in total. The number of benzene rings is 1. The zero-order chi connectivity index (χ0) is 21.8. The molecule has 31 heavy (non-hydrogen) atoms. The van der Waals surface area contributed by atoms with Gasteiger partial charge < -0.3 is 9.80 Å². The van der Waals surface area contributed by atoms with Crippen LogP contribution in [0.1, 0.15) is 25.7 Å². The second-order valence-corrected chi connectivity index (χ2v) is 8.80. The molecule has 1 atom stereocenters. The van der Waals surface area contributed by atoms with Crippen LogP contribution in [0.15, 0.2) is 40.7 Å². The van der Waals surface area contributed by atoms with E-state index in [0.29, 0.717) is 38.2 Å². The maximum atomic E-state index is 13.1. The smallest absolute Gasteiger partial charge is 0.350 e. The molecule has 4 amide bonds. The summed E-state index contributed by atoms with van der Waals surface area (Å²) in [6, 6.07) is 5.94. The minimum Gasteiger partial charge on any atom is -0.368 e. The number of amides is 4. The van der Waals surface area contributed by atoms with Gasteiger partial charge >= 0.3 is 6.03 Å². The summed E-state index contributed by atoms with van der Waals surface area (Å²) in [5, 5.41) is 1.41. The summed E-state index contributed by atoms with van der Waals surface area (Å²) < 4.78 is 13.1. The maximum Gasteiger partial charge on any atom is 0.350 e. The fourth-order valence-corrected chi connectivity index (χ4v) is 4.87. The van der Waals surface area contributed by atoms with Gasteiger partial charge in [0.1, 0.15) is 11.1 Å². The van der Waals surface area contributed by atoms with Crippen molar-refractivity contribution in [2.45, 2.75) is 30.9 Å². The number of halogens is 1. The predicted molar refractivity (Wildman–Crippen MR) is 119 cm³/mol. The quantitative estimate of drug-likeness (QED) is 0.605. The van der Waals surface area contributed by atoms with Crippen LogP contribution < -0.4 is 4.90 Å². The molecule has 1 aromatic carbocycles. The third-order valence-corrected chi connectivity index (χ3v) is 6.77. The maximum absolute atomic E-state index is 13.1. The van der Waals surface area contributed by atoms with E-state index in [4.69, 9.17) is 0 Å². The number of thioether (sulfide) groups is 1. The summed E-state index contributed by atoms with van der Waals surface area (Å²) in [5.74, 6) is -0.315. The number of carbonyl (C=O) groups excluding carboxylic acids is 3. The van der Waals surface area contributed by atoms with Gasteiger partial charge in [-0.05, 0) is 48.6 Å². The van der Waals surface area contributed by atoms with E-state index >= 15 is 0 Å². The lowest BCUT2D eigenvalue weighted by molar-refractivity contribution is -0.131. The van der Waals surface area contributed by atoms with Crippen LogP contribution in [0.4, 0.5) is 14.9 Å². The standard InChI is InChI=1S/C22H25FN4O3S/c23-16-5-7-17(8-6-16)25-11-13-26(14-12-25)19(28)4-2-1-3-10-27-21(29)20-18(9-15-31-20)24-22(27)30/h5-9,15,20H,1-4,10-14H2. The zero-order valence-corrected chi connectivity index (χ0v) is 18.0. The van der Waals surface area contributed by atoms with Gasteiger partial charge in [0.25, 0.3) is 0 Å². The summed E-state index contributed by atoms with van der Waals surface area (Å²) >= 11 is 1.38. The highest BCUT2D eigenvalue weighted by atomic mass is 32.2. The first-order valence-electron chi connectivity index (χ1n) is 10.6. The summed E-state index contributed by atoms with van der Waals surface area (Å²) in [4.78, 5) is 46.2. The first-order valence-corrected chi connectivity index (χ1v) is 11.5. The predicted octanol–water partition coefficient (Wildman–Crippen LogP) is 3.07. The van der Waals surface area contributed by atoms with Gasteiger partial charge in [0.05, 0.1) is 5.71 Å². The van der Waals surface area contributed by atoms with Crippen LogP contribution in [-0.4, -0.2) is 71.3 Å². The van der Waals surface area contributed by atoms with Crippen LogP contribution >= 0.6 is 11.8 Å². The first-order chi connectivity index (χ1) is 15.0. The molecule has 7 nitrogen and oxygen atoms in total. The van der Waals surface area contributed by atoms with E-state index in [1.54, 1.807) is 23.6 Å². The van der Waals surface area contributed by atoms with Gasteiger partial charge in [-0.1, -0.05) is 6.42 Å². The highest BCUT2D eigenvalue weighted by Crippen LogP contribution is 2.28. The van der Waals surface area contributed by atoms with Crippen molar-refractivity contribution in [1.82, 2.24) is 9.80 Å². The fraction of sp³-hybridized carbons (Fsp3) is 0.455. The zero-order valence-electron chi connectivity index (χ0n) is 17.2. The molecule has 1 aromatic rings. The van der Waals surface area contributed by atoms with E-state index in [-0.39, 0.29) is 22.9 Å². The number of aliphatic imine (C=N–C) groups is 1. The van der Waals surface area contributed by atoms with Gasteiger partial charge in [0, 0.05) is 44.8 Å². The number of urea groups is 1. The lowest BCUT2D eigenvalue weighted by Crippen LogP contribution is -2.48. The molecule has 0 aliphatic carbocycles. The molecule has 164 valence electrons. The number of hydrogen-bond acceptors (Lipinski definition) is 5. The first kappa shape index (κ1) is 21.5. The molecule has 1 unspecified atom stereocenters. The van der Waals surface area contributed by atoms with Crippen LogP contribution in [0.5, 0.6) is 0 Å². The van der Waals surface area contributed by atoms with Crippen LogP contribution in [0.2, 0.25) is 0 Å². The number of nitrogens with zero attached hydrogens (tertiary/aromatic N) is 4. The Balaban J connectivity index is 1.14. The number of rotatable bonds is 7. The molecule has 3 aliphatic heterocycles. The molecule has 0 saturated carbocycles. The highest BCUT2D eigenvalue weighted by Gasteiger charge is 2.38. The molecule has 4 rings (SSSR count). The second-order valence-electron chi connectivity index (χ2n) is 7.78. The Kier molecular flexibility index (Phi) is 6.70. The highest BCUT2D eigenvalue weighted by molar-refractivity contribution is 8.04. The Morgan fingerprint density at radius 3 is 2.55 bits per heavy atom. The molecule has 1 fully saturated rings. The molecule has 1 saturated heterocycles. The summed E-state index contributed by atoms with van der Waals surface area (Å²) in [6.07, 6.45) is 4.34. The Hall–Kier alpha value is -2.68. The number of carbonyl (C=O) groups is 3. The van der Waals surface area contributed by atoms with Crippen molar-refractivity contribution in [2.24, 2.45) is 4.99 Å². The average molecular weight is 445 g/mol. The third-order valence-electron chi connectivity index (χ3n) is 5.76. The van der Waals surface area contributed by atoms with Gasteiger partial charge in [0.2, 0.25) is 11.8 Å². The van der Waals surface area contributed by atoms with Crippen molar-refractivity contribution in [2.75, 3.05) is 37.6 Å². The van der Waals surface area contributed by atoms with E-state index in [9.17, 15) is 18.8 Å². The normalized spacial score (nSPS) is 20.9. The van der Waals surface area contributed by atoms with Crippen molar-refractivity contribution in [3.63, 3.8) is 0 Å². The summed E-state index contributed by atoms with van der Waals surface area (Å²) in [6.45, 7) is 3.11. The molecule has 0 aromatic heterocycles. The molecule has 0 radical (unpaired) electrons. The Labute approximate surface area is 185 Å². The van der Waals surface area contributed by atoms with Crippen LogP contribution in [0.3, 0.4) is 0 Å². The molecular weight excluding hydrogens is 419 g/mol. The van der Waals surface area contributed by atoms with Crippen molar-refractivity contribution in [1.29, 1.82) is 0 Å². The van der Waals surface area contributed by atoms with Gasteiger partial charge in [-0.25, -0.2) is 9.18 Å². The van der Waals surface area contributed by atoms with Crippen LogP contribution in [0.25, 0.3) is 0 Å². The second kappa shape index (κ2) is 9.64. The van der Waals surface area contributed by atoms with E-state index in [0.717, 1.165) is 31.6 Å². The molecule has 0 bridgehead atoms. The number of fused-ring (bicyclic) bond motifs is 1. The van der Waals surface area contributed by atoms with E-state index < -0.39 is 6.03 Å². The number of allylic oxidation sites excluding steroid dienone is 1. The van der Waals surface area contributed by atoms with Crippen LogP contribution in [0, 0.1) is 5.82 Å². The van der Waals surface area contributed by atoms with E-state index in [1.807, 2.05) is 4.90 Å². The fourth-order valence-electron chi connectivity index (χ4n) is 3.98. The SMILES string of the molecule is O=C(CCCCCN1C(=O)N=C2C=CSC2C1=O)N1CCN(c2ccc(F)cc2)CC1. The molecule has 3 heterocycles. The Morgan fingerprint density at radius 2 is 1.81 bits per heavy atom. The van der Waals surface area contributed by atoms with Crippen molar-refractivity contribution in [3.8, 4) is 0 Å². The van der Waals surface area contributed by atoms with Gasteiger partial charge in [-0.3, -0.25) is 14.5 Å². The number of unbranched alkanes of at least 4 members (excludes halogenated alkanes) is 2. The lowest BCUT2D eigenvalue weighted by atomic mass is 10.1. The third kappa shape index (κ3) is 4.98. The van der Waals surface area contributed by atoms with Gasteiger partial charge in [-0.15, -0.1) is 11.8 Å². The van der Waals surface area contributed by atoms with E-state index in [1.165, 1.54) is 28.8 Å². The molecular formula is C22H25FN4O3S. The minimum atomic E-state index is -0.487. The Bertz CT molecular complexity index is 910. The van der Waals surface area contributed by atoms with Crippen LogP contribution in [-0.2, 0) is 9.59 Å². The average Bonchev–Trinajstić information content (AvgIpc) is 3.24. The van der Waals surface area contributed by atoms with Gasteiger partial charge in [0.15, 0.2) is 0 Å². The molecule has 9 heteroatoms. The van der Waals surface area contributed by atoms with Gasteiger partial charge in [-0.2, -0.15) is 4.99 Å². The topological polar surface area (TPSA) is 73.3 Å². The van der Waals surface area contributed by atoms with E-state index in [2.05, 4.69) is 9.89 Å². The monoisotopic (exact) mass is 444 g/mol. The largest absolute Gasteiger partial charge is 0.368 e. The summed E-state index contributed by atoms with van der Waals surface area (Å²) in [5.41, 5.74) is 1.51. The van der Waals surface area contributed by atoms with Crippen molar-refractivity contribution >= 4 is 41.0 Å². The minimum absolute atomic E-state index is 0.131. The number of piperazine rings is 1. The lowest BCUT2D eigenvalue weighted by Gasteiger charge is -2.36. The van der Waals surface area contributed by atoms with Crippen molar-refractivity contribution in [3.05, 3.63) is 41.6 Å². The number of anilines is 1.